The zero-order valence-electron chi connectivity index (χ0n) is 11.3. The Hall–Kier alpha value is -0.990. The first kappa shape index (κ1) is 14.4. The quantitative estimate of drug-likeness (QED) is 0.726. The van der Waals surface area contributed by atoms with E-state index in [0.717, 1.165) is 37.3 Å². The number of halogens is 2. The Morgan fingerprint density at radius 3 is 2.89 bits per heavy atom. The molecule has 0 saturated carbocycles. The van der Waals surface area contributed by atoms with Crippen LogP contribution in [0.25, 0.3) is 0 Å². The van der Waals surface area contributed by atoms with Crippen LogP contribution in [0.5, 0.6) is 0 Å². The molecule has 102 valence electrons. The summed E-state index contributed by atoms with van der Waals surface area (Å²) in [5.74, 6) is 1.08. The molecule has 2 nitrogen and oxygen atoms in total. The summed E-state index contributed by atoms with van der Waals surface area (Å²) in [6.07, 6.45) is 5.38. The summed E-state index contributed by atoms with van der Waals surface area (Å²) >= 11 is 12.1. The molecular formula is C15H18Cl2N2. The van der Waals surface area contributed by atoms with Gasteiger partial charge in [0.1, 0.15) is 5.84 Å². The van der Waals surface area contributed by atoms with Crippen LogP contribution in [0.3, 0.4) is 0 Å². The number of amidine groups is 1. The first-order valence-electron chi connectivity index (χ1n) is 6.56. The fourth-order valence-corrected chi connectivity index (χ4v) is 2.46. The van der Waals surface area contributed by atoms with Gasteiger partial charge < -0.3 is 4.90 Å². The van der Waals surface area contributed by atoms with Crippen LogP contribution in [0.2, 0.25) is 10.0 Å². The molecule has 1 saturated heterocycles. The maximum Gasteiger partial charge on any atom is 0.109 e. The minimum Gasteiger partial charge on any atom is -0.337 e. The summed E-state index contributed by atoms with van der Waals surface area (Å²) in [5.41, 5.74) is 2.15. The van der Waals surface area contributed by atoms with Gasteiger partial charge in [-0.15, -0.1) is 0 Å². The van der Waals surface area contributed by atoms with E-state index in [2.05, 4.69) is 29.9 Å². The summed E-state index contributed by atoms with van der Waals surface area (Å²) in [4.78, 5) is 6.90. The molecule has 1 aliphatic rings. The predicted molar refractivity (Wildman–Crippen MR) is 83.5 cm³/mol. The fourth-order valence-electron chi connectivity index (χ4n) is 2.01. The molecule has 1 aliphatic heterocycles. The number of aliphatic imine (C=N–C) groups is 1. The van der Waals surface area contributed by atoms with Crippen molar-refractivity contribution in [1.29, 1.82) is 0 Å². The van der Waals surface area contributed by atoms with Crippen molar-refractivity contribution in [2.24, 2.45) is 4.99 Å². The highest BCUT2D eigenvalue weighted by molar-refractivity contribution is 6.36. The highest BCUT2D eigenvalue weighted by atomic mass is 35.5. The molecule has 0 aromatic heterocycles. The average molecular weight is 297 g/mol. The third-order valence-corrected chi connectivity index (χ3v) is 3.76. The lowest BCUT2D eigenvalue weighted by Gasteiger charge is -2.15. The van der Waals surface area contributed by atoms with Crippen molar-refractivity contribution in [3.8, 4) is 0 Å². The molecule has 2 rings (SSSR count). The molecule has 4 heteroatoms. The third-order valence-electron chi connectivity index (χ3n) is 3.22. The maximum atomic E-state index is 6.16. The number of nitrogens with zero attached hydrogens (tertiary/aromatic N) is 2. The summed E-state index contributed by atoms with van der Waals surface area (Å²) in [5, 5.41) is 1.24. The van der Waals surface area contributed by atoms with Crippen molar-refractivity contribution in [3.63, 3.8) is 0 Å². The second-order valence-electron chi connectivity index (χ2n) is 4.75. The first-order valence-corrected chi connectivity index (χ1v) is 7.32. The van der Waals surface area contributed by atoms with E-state index in [1.165, 1.54) is 5.57 Å². The van der Waals surface area contributed by atoms with Gasteiger partial charge in [0, 0.05) is 24.2 Å². The maximum absolute atomic E-state index is 6.16. The van der Waals surface area contributed by atoms with Crippen LogP contribution >= 0.6 is 23.2 Å². The lowest BCUT2D eigenvalue weighted by atomic mass is 10.2. The van der Waals surface area contributed by atoms with Gasteiger partial charge in [-0.2, -0.15) is 0 Å². The van der Waals surface area contributed by atoms with Crippen molar-refractivity contribution >= 4 is 34.7 Å². The molecule has 0 radical (unpaired) electrons. The Balaban J connectivity index is 2.26. The Morgan fingerprint density at radius 2 is 2.21 bits per heavy atom. The number of benzene rings is 1. The molecular weight excluding hydrogens is 279 g/mol. The number of rotatable bonds is 3. The third kappa shape index (κ3) is 3.74. The molecule has 19 heavy (non-hydrogen) atoms. The Labute approximate surface area is 124 Å². The lowest BCUT2D eigenvalue weighted by Crippen LogP contribution is -2.18. The summed E-state index contributed by atoms with van der Waals surface area (Å²) in [7, 11) is 0. The van der Waals surface area contributed by atoms with Gasteiger partial charge in [0.15, 0.2) is 0 Å². The van der Waals surface area contributed by atoms with Crippen molar-refractivity contribution in [2.75, 3.05) is 6.54 Å². The van der Waals surface area contributed by atoms with E-state index < -0.39 is 0 Å². The van der Waals surface area contributed by atoms with Gasteiger partial charge in [-0.05, 0) is 38.0 Å². The minimum atomic E-state index is 0.600. The summed E-state index contributed by atoms with van der Waals surface area (Å²) in [6, 6.07) is 5.42. The van der Waals surface area contributed by atoms with Crippen molar-refractivity contribution in [2.45, 2.75) is 33.1 Å². The molecule has 0 atom stereocenters. The predicted octanol–water partition coefficient (Wildman–Crippen LogP) is 5.43. The topological polar surface area (TPSA) is 15.6 Å². The smallest absolute Gasteiger partial charge is 0.109 e. The van der Waals surface area contributed by atoms with Crippen LogP contribution in [-0.2, 0) is 0 Å². The molecule has 1 heterocycles. The van der Waals surface area contributed by atoms with Crippen LogP contribution in [-0.4, -0.2) is 17.3 Å². The van der Waals surface area contributed by atoms with Crippen LogP contribution in [0, 0.1) is 0 Å². The minimum absolute atomic E-state index is 0.600. The van der Waals surface area contributed by atoms with Gasteiger partial charge in [0.25, 0.3) is 0 Å². The van der Waals surface area contributed by atoms with Gasteiger partial charge in [-0.1, -0.05) is 35.7 Å². The van der Waals surface area contributed by atoms with E-state index in [1.807, 2.05) is 12.1 Å². The molecule has 0 aliphatic carbocycles. The van der Waals surface area contributed by atoms with Gasteiger partial charge >= 0.3 is 0 Å². The van der Waals surface area contributed by atoms with E-state index in [0.29, 0.717) is 10.0 Å². The second-order valence-corrected chi connectivity index (χ2v) is 5.59. The molecule has 0 bridgehead atoms. The van der Waals surface area contributed by atoms with Gasteiger partial charge in [-0.3, -0.25) is 0 Å². The van der Waals surface area contributed by atoms with Crippen molar-refractivity contribution in [1.82, 2.24) is 4.90 Å². The first-order chi connectivity index (χ1) is 9.10. The van der Waals surface area contributed by atoms with Crippen LogP contribution in [0.1, 0.15) is 33.1 Å². The largest absolute Gasteiger partial charge is 0.337 e. The van der Waals surface area contributed by atoms with Crippen molar-refractivity contribution in [3.05, 3.63) is 40.0 Å². The lowest BCUT2D eigenvalue weighted by molar-refractivity contribution is 0.595. The van der Waals surface area contributed by atoms with Crippen LogP contribution < -0.4 is 0 Å². The highest BCUT2D eigenvalue weighted by Gasteiger charge is 2.17. The second kappa shape index (κ2) is 6.44. The molecule has 0 spiro atoms. The van der Waals surface area contributed by atoms with Crippen LogP contribution in [0.15, 0.2) is 35.0 Å². The van der Waals surface area contributed by atoms with E-state index in [4.69, 9.17) is 23.2 Å². The fraction of sp³-hybridized carbons (Fsp3) is 0.400. The summed E-state index contributed by atoms with van der Waals surface area (Å²) < 4.78 is 0. The number of likely N-dealkylation sites (tertiary alicyclic amines) is 1. The van der Waals surface area contributed by atoms with Gasteiger partial charge in [0.2, 0.25) is 0 Å². The van der Waals surface area contributed by atoms with Gasteiger partial charge in [-0.25, -0.2) is 4.99 Å². The van der Waals surface area contributed by atoms with E-state index in [9.17, 15) is 0 Å². The molecule has 1 aromatic rings. The zero-order valence-corrected chi connectivity index (χ0v) is 12.8. The summed E-state index contributed by atoms with van der Waals surface area (Å²) in [6.45, 7) is 5.33. The zero-order chi connectivity index (χ0) is 13.8. The Morgan fingerprint density at radius 1 is 1.42 bits per heavy atom. The average Bonchev–Trinajstić information content (AvgIpc) is 2.80. The molecule has 0 N–H and O–H groups in total. The molecule has 0 unspecified atom stereocenters. The Kier molecular flexibility index (Phi) is 4.89. The monoisotopic (exact) mass is 296 g/mol. The standard InChI is InChI=1S/C15H18Cl2N2/c1-3-11(2)10-19-8-4-5-15(19)18-14-7-6-12(16)9-13(14)17/h6-7,9-10H,3-5,8H2,1-2H3/b11-10-,18-15?. The molecule has 0 amide bonds. The normalized spacial score (nSPS) is 18.4. The van der Waals surface area contributed by atoms with E-state index in [1.54, 1.807) is 6.07 Å². The molecule has 1 aromatic carbocycles. The Bertz CT molecular complexity index is 521. The number of hydrogen-bond acceptors (Lipinski definition) is 1. The van der Waals surface area contributed by atoms with E-state index in [-0.39, 0.29) is 0 Å². The molecule has 1 fully saturated rings. The SMILES string of the molecule is CC/C(C)=C\N1CCCC1=Nc1ccc(Cl)cc1Cl. The number of hydrogen-bond donors (Lipinski definition) is 0. The van der Waals surface area contributed by atoms with Crippen LogP contribution in [0.4, 0.5) is 5.69 Å². The highest BCUT2D eigenvalue weighted by Crippen LogP contribution is 2.29. The number of allylic oxidation sites excluding steroid dienone is 1. The van der Waals surface area contributed by atoms with Gasteiger partial charge in [0.05, 0.1) is 10.7 Å². The van der Waals surface area contributed by atoms with Crippen molar-refractivity contribution < 1.29 is 0 Å². The van der Waals surface area contributed by atoms with E-state index >= 15 is 0 Å².